The van der Waals surface area contributed by atoms with Crippen LogP contribution >= 0.6 is 11.8 Å². The number of hydrogen-bond donors (Lipinski definition) is 1. The summed E-state index contributed by atoms with van der Waals surface area (Å²) >= 11 is 1.76. The van der Waals surface area contributed by atoms with Crippen molar-refractivity contribution in [1.29, 1.82) is 0 Å². The molecule has 0 atom stereocenters. The summed E-state index contributed by atoms with van der Waals surface area (Å²) in [6.45, 7) is 5.06. The van der Waals surface area contributed by atoms with Gasteiger partial charge in [0.15, 0.2) is 0 Å². The first-order chi connectivity index (χ1) is 8.20. The van der Waals surface area contributed by atoms with Crippen LogP contribution in [0, 0.1) is 13.8 Å². The van der Waals surface area contributed by atoms with Crippen molar-refractivity contribution in [3.63, 3.8) is 0 Å². The number of hydrogen-bond acceptors (Lipinski definition) is 3. The van der Waals surface area contributed by atoms with Gasteiger partial charge >= 0.3 is 0 Å². The normalized spacial score (nSPS) is 10.8. The minimum Gasteiger partial charge on any atom is -0.468 e. The fourth-order valence-corrected chi connectivity index (χ4v) is 2.65. The maximum Gasteiger partial charge on any atom is 0.114 e. The second kappa shape index (κ2) is 5.43. The molecule has 1 aromatic heterocycles. The van der Waals surface area contributed by atoms with E-state index in [4.69, 9.17) is 4.42 Å². The van der Waals surface area contributed by atoms with Crippen molar-refractivity contribution >= 4 is 11.8 Å². The Hall–Kier alpha value is -1.19. The lowest BCUT2D eigenvalue weighted by molar-refractivity contribution is 0.527. The van der Waals surface area contributed by atoms with E-state index in [-0.39, 0.29) is 0 Å². The Kier molecular flexibility index (Phi) is 3.92. The van der Waals surface area contributed by atoms with Crippen LogP contribution in [0.2, 0.25) is 0 Å². The van der Waals surface area contributed by atoms with Crippen molar-refractivity contribution in [3.05, 3.63) is 47.4 Å². The number of furan rings is 1. The highest BCUT2D eigenvalue weighted by Gasteiger charge is 2.06. The van der Waals surface area contributed by atoms with Crippen molar-refractivity contribution in [3.8, 4) is 0 Å². The van der Waals surface area contributed by atoms with Crippen molar-refractivity contribution in [2.24, 2.45) is 0 Å². The van der Waals surface area contributed by atoms with Gasteiger partial charge < -0.3 is 9.73 Å². The molecule has 1 aromatic carbocycles. The molecule has 0 saturated carbocycles. The first-order valence-electron chi connectivity index (χ1n) is 5.67. The molecule has 0 aliphatic heterocycles. The third kappa shape index (κ3) is 2.93. The number of rotatable bonds is 4. The quantitative estimate of drug-likeness (QED) is 0.890. The van der Waals surface area contributed by atoms with E-state index in [1.807, 2.05) is 20.0 Å². The predicted octanol–water partition coefficient (Wildman–Crippen LogP) is 3.77. The second-order valence-corrected chi connectivity index (χ2v) is 5.16. The minimum absolute atomic E-state index is 0.913. The monoisotopic (exact) mass is 247 g/mol. The van der Waals surface area contributed by atoms with Gasteiger partial charge in [-0.15, -0.1) is 0 Å². The lowest BCUT2D eigenvalue weighted by Gasteiger charge is -2.07. The fourth-order valence-electron chi connectivity index (χ4n) is 1.74. The van der Waals surface area contributed by atoms with Crippen molar-refractivity contribution in [2.45, 2.75) is 30.2 Å². The van der Waals surface area contributed by atoms with Gasteiger partial charge in [0.25, 0.3) is 0 Å². The van der Waals surface area contributed by atoms with Gasteiger partial charge in [-0.3, -0.25) is 0 Å². The van der Waals surface area contributed by atoms with E-state index in [1.165, 1.54) is 20.9 Å². The average Bonchev–Trinajstić information content (AvgIpc) is 2.69. The molecule has 0 aliphatic rings. The van der Waals surface area contributed by atoms with Crippen LogP contribution in [0.3, 0.4) is 0 Å². The molecule has 0 aliphatic carbocycles. The standard InChI is InChI=1S/C14H17NOS/c1-10-8-12(9-15-3)4-5-13(10)17-14-6-7-16-11(14)2/h4-8,15H,9H2,1-3H3. The lowest BCUT2D eigenvalue weighted by atomic mass is 10.1. The maximum atomic E-state index is 5.31. The Morgan fingerprint density at radius 3 is 2.59 bits per heavy atom. The smallest absolute Gasteiger partial charge is 0.114 e. The number of nitrogens with one attached hydrogen (secondary N) is 1. The zero-order valence-corrected chi connectivity index (χ0v) is 11.2. The van der Waals surface area contributed by atoms with Crippen LogP contribution < -0.4 is 5.32 Å². The molecule has 2 rings (SSSR count). The molecule has 17 heavy (non-hydrogen) atoms. The Balaban J connectivity index is 2.19. The van der Waals surface area contributed by atoms with Gasteiger partial charge in [-0.2, -0.15) is 0 Å². The Morgan fingerprint density at radius 1 is 1.18 bits per heavy atom. The molecular weight excluding hydrogens is 230 g/mol. The summed E-state index contributed by atoms with van der Waals surface area (Å²) in [5.74, 6) is 0.980. The van der Waals surface area contributed by atoms with Gasteiger partial charge in [0.2, 0.25) is 0 Å². The molecule has 90 valence electrons. The fraction of sp³-hybridized carbons (Fsp3) is 0.286. The molecule has 2 aromatic rings. The summed E-state index contributed by atoms with van der Waals surface area (Å²) in [5, 5.41) is 3.16. The van der Waals surface area contributed by atoms with Gasteiger partial charge in [0, 0.05) is 11.4 Å². The van der Waals surface area contributed by atoms with E-state index >= 15 is 0 Å². The first-order valence-corrected chi connectivity index (χ1v) is 6.48. The molecule has 2 nitrogen and oxygen atoms in total. The van der Waals surface area contributed by atoms with Crippen LogP contribution in [0.5, 0.6) is 0 Å². The van der Waals surface area contributed by atoms with E-state index in [9.17, 15) is 0 Å². The summed E-state index contributed by atoms with van der Waals surface area (Å²) in [6.07, 6.45) is 1.74. The van der Waals surface area contributed by atoms with Gasteiger partial charge in [0.05, 0.1) is 11.2 Å². The van der Waals surface area contributed by atoms with Crippen molar-refractivity contribution in [1.82, 2.24) is 5.32 Å². The highest BCUT2D eigenvalue weighted by Crippen LogP contribution is 2.33. The zero-order valence-electron chi connectivity index (χ0n) is 10.4. The zero-order chi connectivity index (χ0) is 12.3. The lowest BCUT2D eigenvalue weighted by Crippen LogP contribution is -2.05. The molecular formula is C14H17NOS. The molecule has 0 amide bonds. The van der Waals surface area contributed by atoms with E-state index in [2.05, 4.69) is 30.4 Å². The van der Waals surface area contributed by atoms with Gasteiger partial charge in [-0.1, -0.05) is 23.9 Å². The summed E-state index contributed by atoms with van der Waals surface area (Å²) in [7, 11) is 1.97. The van der Waals surface area contributed by atoms with E-state index in [1.54, 1.807) is 18.0 Å². The molecule has 0 spiro atoms. The minimum atomic E-state index is 0.913. The van der Waals surface area contributed by atoms with Crippen LogP contribution in [-0.4, -0.2) is 7.05 Å². The van der Waals surface area contributed by atoms with Crippen LogP contribution in [-0.2, 0) is 6.54 Å². The predicted molar refractivity (Wildman–Crippen MR) is 71.5 cm³/mol. The molecule has 0 unspecified atom stereocenters. The van der Waals surface area contributed by atoms with Gasteiger partial charge in [0.1, 0.15) is 5.76 Å². The molecule has 1 N–H and O–H groups in total. The molecule has 0 radical (unpaired) electrons. The Labute approximate surface area is 106 Å². The second-order valence-electron chi connectivity index (χ2n) is 4.07. The highest BCUT2D eigenvalue weighted by molar-refractivity contribution is 7.99. The third-order valence-corrected chi connectivity index (χ3v) is 3.97. The molecule has 0 saturated heterocycles. The summed E-state index contributed by atoms with van der Waals surface area (Å²) < 4.78 is 5.31. The van der Waals surface area contributed by atoms with Crippen molar-refractivity contribution < 1.29 is 4.42 Å². The Morgan fingerprint density at radius 2 is 2.00 bits per heavy atom. The molecule has 3 heteroatoms. The summed E-state index contributed by atoms with van der Waals surface area (Å²) in [5.41, 5.74) is 2.63. The van der Waals surface area contributed by atoms with Gasteiger partial charge in [-0.25, -0.2) is 0 Å². The summed E-state index contributed by atoms with van der Waals surface area (Å²) in [6, 6.07) is 8.59. The first kappa shape index (κ1) is 12.3. The SMILES string of the molecule is CNCc1ccc(Sc2ccoc2C)c(C)c1. The third-order valence-electron chi connectivity index (χ3n) is 2.65. The number of aryl methyl sites for hydroxylation is 2. The topological polar surface area (TPSA) is 25.2 Å². The maximum absolute atomic E-state index is 5.31. The van der Waals surface area contributed by atoms with Gasteiger partial charge in [-0.05, 0) is 44.2 Å². The van der Waals surface area contributed by atoms with E-state index in [0.717, 1.165) is 12.3 Å². The van der Waals surface area contributed by atoms with Crippen molar-refractivity contribution in [2.75, 3.05) is 7.05 Å². The van der Waals surface area contributed by atoms with Crippen LogP contribution in [0.4, 0.5) is 0 Å². The van der Waals surface area contributed by atoms with Crippen LogP contribution in [0.25, 0.3) is 0 Å². The van der Waals surface area contributed by atoms with E-state index < -0.39 is 0 Å². The largest absolute Gasteiger partial charge is 0.468 e. The average molecular weight is 247 g/mol. The highest BCUT2D eigenvalue weighted by atomic mass is 32.2. The Bertz CT molecular complexity index is 505. The van der Waals surface area contributed by atoms with Crippen LogP contribution in [0.15, 0.2) is 44.7 Å². The number of benzene rings is 1. The van der Waals surface area contributed by atoms with E-state index in [0.29, 0.717) is 0 Å². The molecule has 0 bridgehead atoms. The molecule has 0 fully saturated rings. The van der Waals surface area contributed by atoms with Crippen LogP contribution in [0.1, 0.15) is 16.9 Å². The molecule has 1 heterocycles. The summed E-state index contributed by atoms with van der Waals surface area (Å²) in [4.78, 5) is 2.48.